The van der Waals surface area contributed by atoms with Crippen molar-refractivity contribution >= 4 is 44.8 Å². The van der Waals surface area contributed by atoms with Gasteiger partial charge in [0.15, 0.2) is 0 Å². The molecule has 0 atom stereocenters. The van der Waals surface area contributed by atoms with Crippen molar-refractivity contribution < 1.29 is 14.5 Å². The van der Waals surface area contributed by atoms with E-state index in [9.17, 15) is 14.9 Å². The lowest BCUT2D eigenvalue weighted by Crippen LogP contribution is -2.13. The maximum absolute atomic E-state index is 12.2. The first kappa shape index (κ1) is 16.3. The Balaban J connectivity index is 2.29. The van der Waals surface area contributed by atoms with E-state index in [1.165, 1.54) is 25.3 Å². The highest BCUT2D eigenvalue weighted by Crippen LogP contribution is 2.29. The average Bonchev–Trinajstić information content (AvgIpc) is 2.48. The lowest BCUT2D eigenvalue weighted by molar-refractivity contribution is -0.383. The van der Waals surface area contributed by atoms with Crippen molar-refractivity contribution in [3.8, 4) is 5.75 Å². The Hall–Kier alpha value is -2.12. The van der Waals surface area contributed by atoms with Gasteiger partial charge in [0.05, 0.1) is 16.5 Å². The molecule has 114 valence electrons. The van der Waals surface area contributed by atoms with E-state index >= 15 is 0 Å². The van der Waals surface area contributed by atoms with Crippen LogP contribution in [0.5, 0.6) is 5.75 Å². The summed E-state index contributed by atoms with van der Waals surface area (Å²) in [6, 6.07) is 8.78. The van der Waals surface area contributed by atoms with Gasteiger partial charge in [0.2, 0.25) is 0 Å². The summed E-state index contributed by atoms with van der Waals surface area (Å²) in [4.78, 5) is 22.6. The molecule has 0 aliphatic rings. The maximum Gasteiger partial charge on any atom is 0.294 e. The minimum Gasteiger partial charge on any atom is -0.496 e. The second kappa shape index (κ2) is 6.76. The van der Waals surface area contributed by atoms with Gasteiger partial charge in [-0.3, -0.25) is 14.9 Å². The van der Waals surface area contributed by atoms with Crippen LogP contribution in [0.4, 0.5) is 11.4 Å². The smallest absolute Gasteiger partial charge is 0.294 e. The number of nitro benzene ring substituents is 1. The molecule has 0 heterocycles. The van der Waals surface area contributed by atoms with Gasteiger partial charge in [0.25, 0.3) is 11.6 Å². The van der Waals surface area contributed by atoms with E-state index in [-0.39, 0.29) is 16.4 Å². The zero-order valence-corrected chi connectivity index (χ0v) is 13.6. The standard InChI is InChI=1S/C14H10BrClN2O4/c1-22-13-5-2-8(6-10(13)15)14(19)17-11-4-3-9(16)7-12(11)18(20)21/h2-7H,1H3,(H,17,19). The maximum atomic E-state index is 12.2. The van der Waals surface area contributed by atoms with E-state index in [0.29, 0.717) is 15.8 Å². The van der Waals surface area contributed by atoms with Gasteiger partial charge in [-0.1, -0.05) is 11.6 Å². The van der Waals surface area contributed by atoms with Crippen LogP contribution in [-0.2, 0) is 0 Å². The SMILES string of the molecule is COc1ccc(C(=O)Nc2ccc(Cl)cc2[N+](=O)[O-])cc1Br. The highest BCUT2D eigenvalue weighted by atomic mass is 79.9. The fraction of sp³-hybridized carbons (Fsp3) is 0.0714. The molecule has 0 spiro atoms. The van der Waals surface area contributed by atoms with Crippen molar-refractivity contribution in [3.63, 3.8) is 0 Å². The first-order chi connectivity index (χ1) is 10.4. The van der Waals surface area contributed by atoms with Gasteiger partial charge in [-0.2, -0.15) is 0 Å². The van der Waals surface area contributed by atoms with Crippen molar-refractivity contribution in [1.29, 1.82) is 0 Å². The van der Waals surface area contributed by atoms with Crippen LogP contribution < -0.4 is 10.1 Å². The van der Waals surface area contributed by atoms with Crippen LogP contribution in [0, 0.1) is 10.1 Å². The van der Waals surface area contributed by atoms with Gasteiger partial charge < -0.3 is 10.1 Å². The number of benzene rings is 2. The Bertz CT molecular complexity index is 752. The molecular weight excluding hydrogens is 376 g/mol. The van der Waals surface area contributed by atoms with Crippen LogP contribution in [0.2, 0.25) is 5.02 Å². The Morgan fingerprint density at radius 2 is 2.05 bits per heavy atom. The molecule has 0 bridgehead atoms. The number of methoxy groups -OCH3 is 1. The number of halogens is 2. The number of amides is 1. The van der Waals surface area contributed by atoms with Crippen molar-refractivity contribution in [2.24, 2.45) is 0 Å². The van der Waals surface area contributed by atoms with Gasteiger partial charge >= 0.3 is 0 Å². The van der Waals surface area contributed by atoms with Gasteiger partial charge in [-0.05, 0) is 46.3 Å². The average molecular weight is 386 g/mol. The number of carbonyl (C=O) groups excluding carboxylic acids is 1. The van der Waals surface area contributed by atoms with Crippen LogP contribution in [0.25, 0.3) is 0 Å². The minimum absolute atomic E-state index is 0.0753. The molecule has 1 amide bonds. The first-order valence-corrected chi connectivity index (χ1v) is 7.18. The van der Waals surface area contributed by atoms with Crippen molar-refractivity contribution in [1.82, 2.24) is 0 Å². The lowest BCUT2D eigenvalue weighted by Gasteiger charge is -2.08. The Morgan fingerprint density at radius 3 is 2.64 bits per heavy atom. The molecule has 0 saturated carbocycles. The molecule has 6 nitrogen and oxygen atoms in total. The quantitative estimate of drug-likeness (QED) is 0.629. The fourth-order valence-corrected chi connectivity index (χ4v) is 2.47. The largest absolute Gasteiger partial charge is 0.496 e. The zero-order valence-electron chi connectivity index (χ0n) is 11.3. The molecule has 2 rings (SSSR count). The topological polar surface area (TPSA) is 81.5 Å². The Kier molecular flexibility index (Phi) is 4.99. The molecule has 2 aromatic carbocycles. The fourth-order valence-electron chi connectivity index (χ4n) is 1.76. The van der Waals surface area contributed by atoms with Gasteiger partial charge in [0, 0.05) is 16.7 Å². The normalized spacial score (nSPS) is 10.1. The molecule has 2 aromatic rings. The highest BCUT2D eigenvalue weighted by Gasteiger charge is 2.17. The predicted octanol–water partition coefficient (Wildman–Crippen LogP) is 4.27. The second-order valence-electron chi connectivity index (χ2n) is 4.22. The van der Waals surface area contributed by atoms with Crippen LogP contribution in [-0.4, -0.2) is 17.9 Å². The number of nitrogens with one attached hydrogen (secondary N) is 1. The molecular formula is C14H10BrClN2O4. The first-order valence-electron chi connectivity index (χ1n) is 6.01. The lowest BCUT2D eigenvalue weighted by atomic mass is 10.2. The summed E-state index contributed by atoms with van der Waals surface area (Å²) in [5, 5.41) is 13.7. The molecule has 1 N–H and O–H groups in total. The van der Waals surface area contributed by atoms with E-state index in [1.807, 2.05) is 0 Å². The van der Waals surface area contributed by atoms with Crippen molar-refractivity contribution in [2.75, 3.05) is 12.4 Å². The predicted molar refractivity (Wildman–Crippen MR) is 86.8 cm³/mol. The zero-order chi connectivity index (χ0) is 16.3. The molecule has 0 radical (unpaired) electrons. The highest BCUT2D eigenvalue weighted by molar-refractivity contribution is 9.10. The van der Waals surface area contributed by atoms with Crippen LogP contribution >= 0.6 is 27.5 Å². The number of rotatable bonds is 4. The van der Waals surface area contributed by atoms with Crippen LogP contribution in [0.1, 0.15) is 10.4 Å². The summed E-state index contributed by atoms with van der Waals surface area (Å²) < 4.78 is 5.68. The molecule has 8 heteroatoms. The van der Waals surface area contributed by atoms with E-state index in [2.05, 4.69) is 21.2 Å². The number of nitro groups is 1. The summed E-state index contributed by atoms with van der Waals surface area (Å²) in [5.74, 6) is 0.0998. The summed E-state index contributed by atoms with van der Waals surface area (Å²) in [6.45, 7) is 0. The van der Waals surface area contributed by atoms with Crippen molar-refractivity contribution in [3.05, 3.63) is 61.6 Å². The third-order valence-electron chi connectivity index (χ3n) is 2.82. The molecule has 0 fully saturated rings. The monoisotopic (exact) mass is 384 g/mol. The summed E-state index contributed by atoms with van der Waals surface area (Å²) in [7, 11) is 1.51. The molecule has 22 heavy (non-hydrogen) atoms. The van der Waals surface area contributed by atoms with E-state index in [4.69, 9.17) is 16.3 Å². The third-order valence-corrected chi connectivity index (χ3v) is 3.67. The summed E-state index contributed by atoms with van der Waals surface area (Å²) in [6.07, 6.45) is 0. The van der Waals surface area contributed by atoms with Gasteiger partial charge in [-0.25, -0.2) is 0 Å². The molecule has 0 unspecified atom stereocenters. The number of hydrogen-bond donors (Lipinski definition) is 1. The number of hydrogen-bond acceptors (Lipinski definition) is 4. The van der Waals surface area contributed by atoms with E-state index in [1.54, 1.807) is 18.2 Å². The number of nitrogens with zero attached hydrogens (tertiary/aromatic N) is 1. The Morgan fingerprint density at radius 1 is 1.32 bits per heavy atom. The van der Waals surface area contributed by atoms with E-state index < -0.39 is 10.8 Å². The summed E-state index contributed by atoms with van der Waals surface area (Å²) in [5.41, 5.74) is 0.136. The summed E-state index contributed by atoms with van der Waals surface area (Å²) >= 11 is 9.01. The van der Waals surface area contributed by atoms with Gasteiger partial charge in [0.1, 0.15) is 11.4 Å². The Labute approximate surface area is 139 Å². The number of anilines is 1. The van der Waals surface area contributed by atoms with Gasteiger partial charge in [-0.15, -0.1) is 0 Å². The van der Waals surface area contributed by atoms with E-state index in [0.717, 1.165) is 0 Å². The molecule has 0 saturated heterocycles. The van der Waals surface area contributed by atoms with Crippen molar-refractivity contribution in [2.45, 2.75) is 0 Å². The third kappa shape index (κ3) is 3.55. The van der Waals surface area contributed by atoms with Crippen LogP contribution in [0.3, 0.4) is 0 Å². The molecule has 0 aliphatic carbocycles. The molecule has 0 aromatic heterocycles. The second-order valence-corrected chi connectivity index (χ2v) is 5.51. The minimum atomic E-state index is -0.606. The molecule has 0 aliphatic heterocycles. The number of carbonyl (C=O) groups is 1. The number of ether oxygens (including phenoxy) is 1. The van der Waals surface area contributed by atoms with Crippen LogP contribution in [0.15, 0.2) is 40.9 Å².